The molecule has 0 saturated carbocycles. The van der Waals surface area contributed by atoms with Crippen LogP contribution in [0.5, 0.6) is 0 Å². The Bertz CT molecular complexity index is 415. The Balaban J connectivity index is 3.03. The summed E-state index contributed by atoms with van der Waals surface area (Å²) in [5.41, 5.74) is 7.61. The maximum atomic E-state index is 14.2. The Hall–Kier alpha value is -1.09. The fourth-order valence-electron chi connectivity index (χ4n) is 2.43. The summed E-state index contributed by atoms with van der Waals surface area (Å²) in [5, 5.41) is 0. The van der Waals surface area contributed by atoms with Gasteiger partial charge in [0, 0.05) is 30.4 Å². The van der Waals surface area contributed by atoms with Gasteiger partial charge in [0.25, 0.3) is 0 Å². The van der Waals surface area contributed by atoms with Crippen LogP contribution in [0.25, 0.3) is 0 Å². The lowest BCUT2D eigenvalue weighted by molar-refractivity contribution is 0.530. The molecular weight excluding hydrogens is 263 g/mol. The molecule has 0 fully saturated rings. The lowest BCUT2D eigenvalue weighted by Gasteiger charge is -2.30. The third-order valence-electron chi connectivity index (χ3n) is 3.78. The van der Waals surface area contributed by atoms with Crippen molar-refractivity contribution in [1.82, 2.24) is 0 Å². The minimum Gasteiger partial charge on any atom is -0.371 e. The molecular formula is C18H31FN2. The van der Waals surface area contributed by atoms with Gasteiger partial charge in [0.2, 0.25) is 0 Å². The van der Waals surface area contributed by atoms with Gasteiger partial charge in [-0.05, 0) is 43.7 Å². The molecule has 0 aliphatic heterocycles. The van der Waals surface area contributed by atoms with Crippen molar-refractivity contribution in [3.63, 3.8) is 0 Å². The minimum absolute atomic E-state index is 0.193. The molecule has 2 N–H and O–H groups in total. The lowest BCUT2D eigenvalue weighted by Crippen LogP contribution is -2.29. The van der Waals surface area contributed by atoms with Gasteiger partial charge in [-0.3, -0.25) is 0 Å². The molecule has 0 radical (unpaired) electrons. The largest absolute Gasteiger partial charge is 0.371 e. The molecule has 0 spiro atoms. The number of hydrogen-bond acceptors (Lipinski definition) is 2. The summed E-state index contributed by atoms with van der Waals surface area (Å²) in [7, 11) is 0. The van der Waals surface area contributed by atoms with E-state index in [9.17, 15) is 4.39 Å². The summed E-state index contributed by atoms with van der Waals surface area (Å²) in [6, 6.07) is 5.00. The number of benzene rings is 1. The van der Waals surface area contributed by atoms with Crippen LogP contribution < -0.4 is 10.6 Å². The van der Waals surface area contributed by atoms with Crippen LogP contribution in [-0.4, -0.2) is 13.1 Å². The van der Waals surface area contributed by atoms with E-state index in [0.29, 0.717) is 17.4 Å². The van der Waals surface area contributed by atoms with E-state index in [1.54, 1.807) is 6.07 Å². The second-order valence-electron chi connectivity index (χ2n) is 6.81. The van der Waals surface area contributed by atoms with Crippen LogP contribution in [0.1, 0.15) is 59.1 Å². The first kappa shape index (κ1) is 18.0. The van der Waals surface area contributed by atoms with Crippen molar-refractivity contribution in [3.05, 3.63) is 29.6 Å². The van der Waals surface area contributed by atoms with E-state index in [-0.39, 0.29) is 11.9 Å². The van der Waals surface area contributed by atoms with Crippen LogP contribution >= 0.6 is 0 Å². The number of hydrogen-bond donors (Lipinski definition) is 1. The summed E-state index contributed by atoms with van der Waals surface area (Å²) in [6.07, 6.45) is 2.21. The Morgan fingerprint density at radius 3 is 1.95 bits per heavy atom. The predicted octanol–water partition coefficient (Wildman–Crippen LogP) is 4.74. The minimum atomic E-state index is -0.290. The van der Waals surface area contributed by atoms with Crippen LogP contribution in [-0.2, 0) is 0 Å². The summed E-state index contributed by atoms with van der Waals surface area (Å²) in [6.45, 7) is 12.6. The van der Waals surface area contributed by atoms with Crippen molar-refractivity contribution in [1.29, 1.82) is 0 Å². The number of halogens is 1. The Morgan fingerprint density at radius 2 is 1.52 bits per heavy atom. The SMILES string of the molecule is CC(C)CCN(CCC(C)C)c1cccc(F)c1[C@H](C)N. The zero-order valence-electron chi connectivity index (χ0n) is 14.2. The monoisotopic (exact) mass is 294 g/mol. The molecule has 1 rings (SSSR count). The Labute approximate surface area is 129 Å². The van der Waals surface area contributed by atoms with Crippen LogP contribution in [0.4, 0.5) is 10.1 Å². The van der Waals surface area contributed by atoms with E-state index < -0.39 is 0 Å². The topological polar surface area (TPSA) is 29.3 Å². The van der Waals surface area contributed by atoms with Crippen molar-refractivity contribution in [2.24, 2.45) is 17.6 Å². The zero-order valence-corrected chi connectivity index (χ0v) is 14.2. The molecule has 0 unspecified atom stereocenters. The molecule has 0 aromatic heterocycles. The molecule has 0 amide bonds. The van der Waals surface area contributed by atoms with Gasteiger partial charge >= 0.3 is 0 Å². The molecule has 0 heterocycles. The molecule has 0 saturated heterocycles. The fourth-order valence-corrected chi connectivity index (χ4v) is 2.43. The molecule has 1 aromatic rings. The van der Waals surface area contributed by atoms with Gasteiger partial charge in [-0.25, -0.2) is 4.39 Å². The molecule has 0 bridgehead atoms. The summed E-state index contributed by atoms with van der Waals surface area (Å²) in [5.74, 6) is 1.08. The van der Waals surface area contributed by atoms with Crippen LogP contribution in [0.3, 0.4) is 0 Å². The molecule has 0 aliphatic carbocycles. The van der Waals surface area contributed by atoms with Gasteiger partial charge in [-0.15, -0.1) is 0 Å². The molecule has 1 aromatic carbocycles. The summed E-state index contributed by atoms with van der Waals surface area (Å²) in [4.78, 5) is 2.31. The molecule has 3 heteroatoms. The number of rotatable bonds is 8. The molecule has 2 nitrogen and oxygen atoms in total. The maximum Gasteiger partial charge on any atom is 0.130 e. The number of anilines is 1. The van der Waals surface area contributed by atoms with Crippen molar-refractivity contribution < 1.29 is 4.39 Å². The van der Waals surface area contributed by atoms with E-state index >= 15 is 0 Å². The van der Waals surface area contributed by atoms with Gasteiger partial charge < -0.3 is 10.6 Å². The van der Waals surface area contributed by atoms with E-state index in [0.717, 1.165) is 31.6 Å². The lowest BCUT2D eigenvalue weighted by atomic mass is 10.0. The first-order valence-electron chi connectivity index (χ1n) is 8.11. The van der Waals surface area contributed by atoms with Crippen LogP contribution in [0, 0.1) is 17.7 Å². The number of nitrogens with two attached hydrogens (primary N) is 1. The van der Waals surface area contributed by atoms with Crippen molar-refractivity contribution in [3.8, 4) is 0 Å². The quantitative estimate of drug-likeness (QED) is 0.750. The highest BCUT2D eigenvalue weighted by atomic mass is 19.1. The molecule has 21 heavy (non-hydrogen) atoms. The third kappa shape index (κ3) is 5.66. The standard InChI is InChI=1S/C18H31FN2/c1-13(2)9-11-21(12-10-14(3)4)17-8-6-7-16(19)18(17)15(5)20/h6-8,13-15H,9-12,20H2,1-5H3/t15-/m0/s1. The van der Waals surface area contributed by atoms with Gasteiger partial charge in [0.1, 0.15) is 5.82 Å². The smallest absolute Gasteiger partial charge is 0.130 e. The second-order valence-corrected chi connectivity index (χ2v) is 6.81. The van der Waals surface area contributed by atoms with E-state index in [1.807, 2.05) is 13.0 Å². The van der Waals surface area contributed by atoms with E-state index in [2.05, 4.69) is 32.6 Å². The fraction of sp³-hybridized carbons (Fsp3) is 0.667. The van der Waals surface area contributed by atoms with E-state index in [1.165, 1.54) is 6.07 Å². The average Bonchev–Trinajstić information content (AvgIpc) is 2.37. The molecule has 1 atom stereocenters. The Morgan fingerprint density at radius 1 is 1.00 bits per heavy atom. The van der Waals surface area contributed by atoms with Gasteiger partial charge in [0.05, 0.1) is 0 Å². The summed E-state index contributed by atoms with van der Waals surface area (Å²) < 4.78 is 14.2. The highest BCUT2D eigenvalue weighted by molar-refractivity contribution is 5.55. The maximum absolute atomic E-state index is 14.2. The average molecular weight is 294 g/mol. The first-order chi connectivity index (χ1) is 9.82. The van der Waals surface area contributed by atoms with Crippen molar-refractivity contribution in [2.45, 2.75) is 53.5 Å². The normalized spacial score (nSPS) is 13.0. The Kier molecular flexibility index (Phi) is 7.16. The zero-order chi connectivity index (χ0) is 16.0. The number of nitrogens with zero attached hydrogens (tertiary/aromatic N) is 1. The van der Waals surface area contributed by atoms with Gasteiger partial charge in [0.15, 0.2) is 0 Å². The molecule has 120 valence electrons. The van der Waals surface area contributed by atoms with Crippen LogP contribution in [0.2, 0.25) is 0 Å². The highest BCUT2D eigenvalue weighted by Gasteiger charge is 2.18. The second kappa shape index (κ2) is 8.38. The molecule has 0 aliphatic rings. The van der Waals surface area contributed by atoms with Gasteiger partial charge in [-0.2, -0.15) is 0 Å². The van der Waals surface area contributed by atoms with Crippen molar-refractivity contribution in [2.75, 3.05) is 18.0 Å². The van der Waals surface area contributed by atoms with Gasteiger partial charge in [-0.1, -0.05) is 33.8 Å². The highest BCUT2D eigenvalue weighted by Crippen LogP contribution is 2.29. The summed E-state index contributed by atoms with van der Waals surface area (Å²) >= 11 is 0. The predicted molar refractivity (Wildman–Crippen MR) is 90.1 cm³/mol. The van der Waals surface area contributed by atoms with Crippen LogP contribution in [0.15, 0.2) is 18.2 Å². The van der Waals surface area contributed by atoms with E-state index in [4.69, 9.17) is 5.73 Å². The first-order valence-corrected chi connectivity index (χ1v) is 8.11. The van der Waals surface area contributed by atoms with Crippen molar-refractivity contribution >= 4 is 5.69 Å². The third-order valence-corrected chi connectivity index (χ3v) is 3.78.